The van der Waals surface area contributed by atoms with Gasteiger partial charge in [0.1, 0.15) is 11.5 Å². The molecule has 0 aliphatic rings. The molecular weight excluding hydrogens is 394 g/mol. The van der Waals surface area contributed by atoms with Gasteiger partial charge in [-0.25, -0.2) is 0 Å². The van der Waals surface area contributed by atoms with Crippen molar-refractivity contribution in [3.8, 4) is 22.9 Å². The molecule has 31 heavy (non-hydrogen) atoms. The fourth-order valence-electron chi connectivity index (χ4n) is 3.33. The summed E-state index contributed by atoms with van der Waals surface area (Å²) in [5, 5.41) is 6.03. The minimum Gasteiger partial charge on any atom is -0.497 e. The molecule has 0 saturated carbocycles. The van der Waals surface area contributed by atoms with Crippen LogP contribution in [-0.4, -0.2) is 41.2 Å². The number of amides is 1. The highest BCUT2D eigenvalue weighted by Crippen LogP contribution is 2.26. The van der Waals surface area contributed by atoms with E-state index in [2.05, 4.69) is 10.1 Å². The average molecular weight is 417 g/mol. The second kappa shape index (κ2) is 8.87. The molecule has 1 heterocycles. The van der Waals surface area contributed by atoms with Crippen LogP contribution in [0, 0.1) is 0 Å². The second-order valence-electron chi connectivity index (χ2n) is 7.18. The maximum atomic E-state index is 12.8. The van der Waals surface area contributed by atoms with E-state index >= 15 is 0 Å². The van der Waals surface area contributed by atoms with Crippen LogP contribution in [0.2, 0.25) is 0 Å². The molecule has 4 aromatic rings. The molecule has 4 rings (SSSR count). The molecule has 7 heteroatoms. The third-order valence-electron chi connectivity index (χ3n) is 4.95. The quantitative estimate of drug-likeness (QED) is 0.446. The standard InChI is InChI=1S/C24H23N3O4/c1-16(30-21-13-7-9-17-8-4-5-12-20(17)21)24(28)27(2)15-22-25-23(26-31-22)18-10-6-11-19(14-18)29-3/h4-14,16H,15H2,1-3H3/t16-/m1/s1. The Labute approximate surface area is 180 Å². The SMILES string of the molecule is COc1cccc(-c2noc(CN(C)C(=O)[C@@H](C)Oc3cccc4ccccc34)n2)c1. The van der Waals surface area contributed by atoms with E-state index in [1.165, 1.54) is 4.90 Å². The highest BCUT2D eigenvalue weighted by atomic mass is 16.5. The van der Waals surface area contributed by atoms with Crippen LogP contribution in [0.5, 0.6) is 11.5 Å². The van der Waals surface area contributed by atoms with Gasteiger partial charge in [0.2, 0.25) is 11.7 Å². The molecule has 1 amide bonds. The zero-order chi connectivity index (χ0) is 21.8. The molecule has 158 valence electrons. The van der Waals surface area contributed by atoms with E-state index in [1.54, 1.807) is 21.1 Å². The second-order valence-corrected chi connectivity index (χ2v) is 7.18. The number of methoxy groups -OCH3 is 1. The lowest BCUT2D eigenvalue weighted by Crippen LogP contribution is -2.37. The number of likely N-dealkylation sites (N-methyl/N-ethyl adjacent to an activating group) is 1. The summed E-state index contributed by atoms with van der Waals surface area (Å²) in [6.45, 7) is 1.91. The Morgan fingerprint density at radius 3 is 2.71 bits per heavy atom. The number of ether oxygens (including phenoxy) is 2. The highest BCUT2D eigenvalue weighted by Gasteiger charge is 2.22. The first kappa shape index (κ1) is 20.4. The van der Waals surface area contributed by atoms with E-state index in [0.29, 0.717) is 23.2 Å². The molecule has 0 saturated heterocycles. The Bertz CT molecular complexity index is 1200. The van der Waals surface area contributed by atoms with E-state index < -0.39 is 6.10 Å². The lowest BCUT2D eigenvalue weighted by molar-refractivity contribution is -0.137. The Morgan fingerprint density at radius 2 is 1.87 bits per heavy atom. The molecule has 3 aromatic carbocycles. The fraction of sp³-hybridized carbons (Fsp3) is 0.208. The maximum absolute atomic E-state index is 12.8. The van der Waals surface area contributed by atoms with Crippen molar-refractivity contribution in [1.82, 2.24) is 15.0 Å². The molecule has 1 atom stereocenters. The van der Waals surface area contributed by atoms with Crippen molar-refractivity contribution in [3.63, 3.8) is 0 Å². The molecule has 0 fully saturated rings. The minimum absolute atomic E-state index is 0.180. The Hall–Kier alpha value is -3.87. The number of rotatable bonds is 7. The fourth-order valence-corrected chi connectivity index (χ4v) is 3.33. The number of nitrogens with zero attached hydrogens (tertiary/aromatic N) is 3. The summed E-state index contributed by atoms with van der Waals surface area (Å²) in [4.78, 5) is 18.7. The zero-order valence-electron chi connectivity index (χ0n) is 17.6. The van der Waals surface area contributed by atoms with Gasteiger partial charge in [0.05, 0.1) is 13.7 Å². The topological polar surface area (TPSA) is 77.7 Å². The molecule has 1 aromatic heterocycles. The zero-order valence-corrected chi connectivity index (χ0v) is 17.6. The summed E-state index contributed by atoms with van der Waals surface area (Å²) in [6.07, 6.45) is -0.670. The smallest absolute Gasteiger partial charge is 0.263 e. The monoisotopic (exact) mass is 417 g/mol. The molecular formula is C24H23N3O4. The van der Waals surface area contributed by atoms with Crippen LogP contribution in [0.3, 0.4) is 0 Å². The normalized spacial score (nSPS) is 11.8. The molecule has 0 aliphatic heterocycles. The molecule has 0 spiro atoms. The summed E-state index contributed by atoms with van der Waals surface area (Å²) in [6, 6.07) is 21.1. The van der Waals surface area contributed by atoms with Gasteiger partial charge in [-0.05, 0) is 30.5 Å². The summed E-state index contributed by atoms with van der Waals surface area (Å²) in [5.41, 5.74) is 0.774. The number of hydrogen-bond acceptors (Lipinski definition) is 6. The minimum atomic E-state index is -0.670. The maximum Gasteiger partial charge on any atom is 0.263 e. The summed E-state index contributed by atoms with van der Waals surface area (Å²) in [7, 11) is 3.28. The third kappa shape index (κ3) is 4.50. The van der Waals surface area contributed by atoms with Crippen molar-refractivity contribution in [1.29, 1.82) is 0 Å². The van der Waals surface area contributed by atoms with Crippen molar-refractivity contribution in [2.45, 2.75) is 19.6 Å². The van der Waals surface area contributed by atoms with Crippen LogP contribution in [0.25, 0.3) is 22.2 Å². The average Bonchev–Trinajstić information content (AvgIpc) is 3.27. The van der Waals surface area contributed by atoms with Crippen molar-refractivity contribution in [2.24, 2.45) is 0 Å². The molecule has 0 unspecified atom stereocenters. The first-order valence-corrected chi connectivity index (χ1v) is 9.91. The van der Waals surface area contributed by atoms with Crippen LogP contribution >= 0.6 is 0 Å². The van der Waals surface area contributed by atoms with Crippen molar-refractivity contribution in [2.75, 3.05) is 14.2 Å². The van der Waals surface area contributed by atoms with E-state index in [1.807, 2.05) is 66.7 Å². The Balaban J connectivity index is 1.43. The lowest BCUT2D eigenvalue weighted by atomic mass is 10.1. The van der Waals surface area contributed by atoms with Gasteiger partial charge in [0, 0.05) is 18.0 Å². The van der Waals surface area contributed by atoms with Crippen molar-refractivity contribution in [3.05, 3.63) is 72.6 Å². The predicted molar refractivity (Wildman–Crippen MR) is 117 cm³/mol. The van der Waals surface area contributed by atoms with E-state index in [9.17, 15) is 4.79 Å². The van der Waals surface area contributed by atoms with Crippen LogP contribution in [-0.2, 0) is 11.3 Å². The number of carbonyl (C=O) groups is 1. The number of fused-ring (bicyclic) bond motifs is 1. The summed E-state index contributed by atoms with van der Waals surface area (Å²) >= 11 is 0. The van der Waals surface area contributed by atoms with Gasteiger partial charge >= 0.3 is 0 Å². The third-order valence-corrected chi connectivity index (χ3v) is 4.95. The van der Waals surface area contributed by atoms with Gasteiger partial charge in [0.15, 0.2) is 6.10 Å². The van der Waals surface area contributed by atoms with Gasteiger partial charge in [-0.1, -0.05) is 53.7 Å². The Morgan fingerprint density at radius 1 is 1.10 bits per heavy atom. The largest absolute Gasteiger partial charge is 0.497 e. The highest BCUT2D eigenvalue weighted by molar-refractivity contribution is 5.89. The molecule has 0 aliphatic carbocycles. The molecule has 0 radical (unpaired) electrons. The first-order chi connectivity index (χ1) is 15.0. The summed E-state index contributed by atoms with van der Waals surface area (Å²) < 4.78 is 16.5. The molecule has 0 N–H and O–H groups in total. The van der Waals surface area contributed by atoms with Crippen LogP contribution in [0.1, 0.15) is 12.8 Å². The lowest BCUT2D eigenvalue weighted by Gasteiger charge is -2.21. The van der Waals surface area contributed by atoms with Gasteiger partial charge < -0.3 is 18.9 Å². The predicted octanol–water partition coefficient (Wildman–Crippen LogP) is 4.32. The van der Waals surface area contributed by atoms with Crippen LogP contribution < -0.4 is 9.47 Å². The van der Waals surface area contributed by atoms with Crippen LogP contribution in [0.15, 0.2) is 71.3 Å². The van der Waals surface area contributed by atoms with Gasteiger partial charge in [0.25, 0.3) is 5.91 Å². The number of carbonyl (C=O) groups excluding carboxylic acids is 1. The number of hydrogen-bond donors (Lipinski definition) is 0. The molecule has 7 nitrogen and oxygen atoms in total. The van der Waals surface area contributed by atoms with E-state index in [-0.39, 0.29) is 12.5 Å². The van der Waals surface area contributed by atoms with Crippen LogP contribution in [0.4, 0.5) is 0 Å². The first-order valence-electron chi connectivity index (χ1n) is 9.91. The number of aromatic nitrogens is 2. The van der Waals surface area contributed by atoms with E-state index in [4.69, 9.17) is 14.0 Å². The van der Waals surface area contributed by atoms with E-state index in [0.717, 1.165) is 16.3 Å². The van der Waals surface area contributed by atoms with Gasteiger partial charge in [-0.15, -0.1) is 0 Å². The molecule has 0 bridgehead atoms. The Kier molecular flexibility index (Phi) is 5.84. The van der Waals surface area contributed by atoms with Crippen molar-refractivity contribution >= 4 is 16.7 Å². The van der Waals surface area contributed by atoms with Gasteiger partial charge in [-0.3, -0.25) is 4.79 Å². The van der Waals surface area contributed by atoms with Crippen molar-refractivity contribution < 1.29 is 18.8 Å². The summed E-state index contributed by atoms with van der Waals surface area (Å²) in [5.74, 6) is 1.97. The van der Waals surface area contributed by atoms with Gasteiger partial charge in [-0.2, -0.15) is 4.98 Å². The number of benzene rings is 3.